The van der Waals surface area contributed by atoms with Crippen molar-refractivity contribution in [3.63, 3.8) is 0 Å². The zero-order valence-corrected chi connectivity index (χ0v) is 17.4. The number of halogens is 2. The maximum absolute atomic E-state index is 12.5. The van der Waals surface area contributed by atoms with Gasteiger partial charge in [-0.25, -0.2) is 4.79 Å². The van der Waals surface area contributed by atoms with Gasteiger partial charge in [-0.1, -0.05) is 23.2 Å². The van der Waals surface area contributed by atoms with E-state index in [1.807, 2.05) is 12.1 Å². The minimum absolute atomic E-state index is 0.0845. The van der Waals surface area contributed by atoms with Crippen LogP contribution in [0.3, 0.4) is 0 Å². The zero-order valence-electron chi connectivity index (χ0n) is 15.9. The molecule has 2 N–H and O–H groups in total. The molecule has 3 amide bonds. The van der Waals surface area contributed by atoms with E-state index in [2.05, 4.69) is 15.5 Å². The van der Waals surface area contributed by atoms with E-state index in [4.69, 9.17) is 27.9 Å². The Balaban J connectivity index is 1.42. The first-order valence-electron chi connectivity index (χ1n) is 9.59. The van der Waals surface area contributed by atoms with Gasteiger partial charge in [0, 0.05) is 45.0 Å². The van der Waals surface area contributed by atoms with Gasteiger partial charge in [0.25, 0.3) is 0 Å². The Hall–Kier alpha value is -1.70. The average molecular weight is 429 g/mol. The highest BCUT2D eigenvalue weighted by Crippen LogP contribution is 2.27. The van der Waals surface area contributed by atoms with E-state index in [-0.39, 0.29) is 18.0 Å². The average Bonchev–Trinajstić information content (AvgIpc) is 3.22. The lowest BCUT2D eigenvalue weighted by molar-refractivity contribution is -0.123. The quantitative estimate of drug-likeness (QED) is 0.755. The van der Waals surface area contributed by atoms with E-state index in [1.165, 1.54) is 0 Å². The number of anilines is 1. The normalized spacial score (nSPS) is 20.8. The lowest BCUT2D eigenvalue weighted by Gasteiger charge is -2.36. The minimum atomic E-state index is -0.595. The summed E-state index contributed by atoms with van der Waals surface area (Å²) in [5.41, 5.74) is 0.983. The van der Waals surface area contributed by atoms with Crippen LogP contribution in [-0.4, -0.2) is 68.3 Å². The molecule has 2 aliphatic rings. The van der Waals surface area contributed by atoms with Crippen molar-refractivity contribution >= 4 is 40.8 Å². The van der Waals surface area contributed by atoms with E-state index in [9.17, 15) is 9.59 Å². The van der Waals surface area contributed by atoms with Crippen LogP contribution in [0.15, 0.2) is 18.2 Å². The predicted octanol–water partition coefficient (Wildman–Crippen LogP) is 2.51. The summed E-state index contributed by atoms with van der Waals surface area (Å²) >= 11 is 12.1. The van der Waals surface area contributed by atoms with Gasteiger partial charge in [-0.15, -0.1) is 0 Å². The fourth-order valence-electron chi connectivity index (χ4n) is 3.36. The monoisotopic (exact) mass is 428 g/mol. The molecule has 28 heavy (non-hydrogen) atoms. The lowest BCUT2D eigenvalue weighted by Crippen LogP contribution is -2.55. The molecular weight excluding hydrogens is 403 g/mol. The Morgan fingerprint density at radius 1 is 1.21 bits per heavy atom. The second-order valence-electron chi connectivity index (χ2n) is 7.12. The fourth-order valence-corrected chi connectivity index (χ4v) is 3.66. The highest BCUT2D eigenvalue weighted by Gasteiger charge is 2.25. The fraction of sp³-hybridized carbons (Fsp3) is 0.579. The Morgan fingerprint density at radius 2 is 1.96 bits per heavy atom. The van der Waals surface area contributed by atoms with Crippen molar-refractivity contribution in [1.29, 1.82) is 0 Å². The molecule has 7 nitrogen and oxygen atoms in total. The minimum Gasteiger partial charge on any atom is -0.376 e. The predicted molar refractivity (Wildman–Crippen MR) is 110 cm³/mol. The van der Waals surface area contributed by atoms with Crippen molar-refractivity contribution in [2.24, 2.45) is 0 Å². The molecule has 154 valence electrons. The number of piperazine rings is 1. The van der Waals surface area contributed by atoms with Gasteiger partial charge >= 0.3 is 6.03 Å². The van der Waals surface area contributed by atoms with Gasteiger partial charge in [0.15, 0.2) is 0 Å². The SMILES string of the molecule is C[C@@H](NC(=O)N1CCN(c2ccc(Cl)c(Cl)c2)CC1)C(=O)NC[C@@H]1CCCO1. The summed E-state index contributed by atoms with van der Waals surface area (Å²) in [4.78, 5) is 28.5. The van der Waals surface area contributed by atoms with Crippen LogP contribution < -0.4 is 15.5 Å². The van der Waals surface area contributed by atoms with Gasteiger partial charge in [-0.3, -0.25) is 4.79 Å². The van der Waals surface area contributed by atoms with Crippen LogP contribution in [0.5, 0.6) is 0 Å². The number of carbonyl (C=O) groups is 2. The molecule has 0 radical (unpaired) electrons. The Kier molecular flexibility index (Phi) is 7.26. The van der Waals surface area contributed by atoms with Crippen LogP contribution >= 0.6 is 23.2 Å². The molecule has 0 aliphatic carbocycles. The second-order valence-corrected chi connectivity index (χ2v) is 7.94. The van der Waals surface area contributed by atoms with Crippen molar-refractivity contribution < 1.29 is 14.3 Å². The molecule has 3 rings (SSSR count). The summed E-state index contributed by atoms with van der Waals surface area (Å²) < 4.78 is 5.49. The molecular formula is C19H26Cl2N4O3. The number of nitrogens with zero attached hydrogens (tertiary/aromatic N) is 2. The number of rotatable bonds is 5. The van der Waals surface area contributed by atoms with Gasteiger partial charge in [0.05, 0.1) is 16.1 Å². The summed E-state index contributed by atoms with van der Waals surface area (Å²) in [5, 5.41) is 6.65. The number of carbonyl (C=O) groups excluding carboxylic acids is 2. The molecule has 2 fully saturated rings. The van der Waals surface area contributed by atoms with Crippen LogP contribution in [0.2, 0.25) is 10.0 Å². The maximum atomic E-state index is 12.5. The number of nitrogens with one attached hydrogen (secondary N) is 2. The third kappa shape index (κ3) is 5.43. The van der Waals surface area contributed by atoms with Gasteiger partial charge in [-0.2, -0.15) is 0 Å². The van der Waals surface area contributed by atoms with Gasteiger partial charge in [-0.05, 0) is 38.0 Å². The van der Waals surface area contributed by atoms with Crippen LogP contribution in [-0.2, 0) is 9.53 Å². The van der Waals surface area contributed by atoms with Crippen LogP contribution in [0, 0.1) is 0 Å². The van der Waals surface area contributed by atoms with E-state index in [0.29, 0.717) is 42.8 Å². The summed E-state index contributed by atoms with van der Waals surface area (Å²) in [7, 11) is 0. The first-order chi connectivity index (χ1) is 13.4. The Labute approximate surface area is 175 Å². The molecule has 1 aromatic rings. The van der Waals surface area contributed by atoms with Crippen LogP contribution in [0.25, 0.3) is 0 Å². The third-order valence-corrected chi connectivity index (χ3v) is 5.84. The molecule has 2 heterocycles. The molecule has 2 saturated heterocycles. The van der Waals surface area contributed by atoms with Gasteiger partial charge in [0.2, 0.25) is 5.91 Å². The number of hydrogen-bond donors (Lipinski definition) is 2. The zero-order chi connectivity index (χ0) is 20.1. The third-order valence-electron chi connectivity index (χ3n) is 5.10. The number of amides is 3. The highest BCUT2D eigenvalue weighted by atomic mass is 35.5. The summed E-state index contributed by atoms with van der Waals surface area (Å²) in [6.45, 7) is 5.43. The van der Waals surface area contributed by atoms with E-state index >= 15 is 0 Å². The number of benzene rings is 1. The summed E-state index contributed by atoms with van der Waals surface area (Å²) in [6.07, 6.45) is 2.08. The molecule has 1 aromatic carbocycles. The van der Waals surface area contributed by atoms with E-state index in [0.717, 1.165) is 25.1 Å². The molecule has 0 aromatic heterocycles. The highest BCUT2D eigenvalue weighted by molar-refractivity contribution is 6.42. The first-order valence-corrected chi connectivity index (χ1v) is 10.3. The topological polar surface area (TPSA) is 73.9 Å². The van der Waals surface area contributed by atoms with Gasteiger partial charge < -0.3 is 25.2 Å². The Bertz CT molecular complexity index is 704. The largest absolute Gasteiger partial charge is 0.376 e. The van der Waals surface area contributed by atoms with Crippen LogP contribution in [0.4, 0.5) is 10.5 Å². The van der Waals surface area contributed by atoms with Gasteiger partial charge in [0.1, 0.15) is 6.04 Å². The number of ether oxygens (including phenoxy) is 1. The van der Waals surface area contributed by atoms with Crippen LogP contribution in [0.1, 0.15) is 19.8 Å². The van der Waals surface area contributed by atoms with Crippen molar-refractivity contribution in [3.05, 3.63) is 28.2 Å². The molecule has 0 bridgehead atoms. The van der Waals surface area contributed by atoms with Crippen molar-refractivity contribution in [2.75, 3.05) is 44.2 Å². The summed E-state index contributed by atoms with van der Waals surface area (Å²) in [5.74, 6) is -0.196. The smallest absolute Gasteiger partial charge is 0.318 e. The molecule has 0 saturated carbocycles. The molecule has 0 unspecified atom stereocenters. The van der Waals surface area contributed by atoms with Crippen molar-refractivity contribution in [3.8, 4) is 0 Å². The van der Waals surface area contributed by atoms with E-state index in [1.54, 1.807) is 17.9 Å². The molecule has 2 atom stereocenters. The number of hydrogen-bond acceptors (Lipinski definition) is 4. The Morgan fingerprint density at radius 3 is 2.61 bits per heavy atom. The van der Waals surface area contributed by atoms with Crippen molar-refractivity contribution in [1.82, 2.24) is 15.5 Å². The summed E-state index contributed by atoms with van der Waals surface area (Å²) in [6, 6.07) is 4.70. The van der Waals surface area contributed by atoms with Crippen molar-refractivity contribution in [2.45, 2.75) is 31.9 Å². The maximum Gasteiger partial charge on any atom is 0.318 e. The number of urea groups is 1. The first kappa shape index (κ1) is 21.0. The second kappa shape index (κ2) is 9.67. The standard InChI is InChI=1S/C19H26Cl2N4O3/c1-13(18(26)22-12-15-3-2-10-28-15)23-19(27)25-8-6-24(7-9-25)14-4-5-16(20)17(21)11-14/h4-5,11,13,15H,2-3,6-10,12H2,1H3,(H,22,26)(H,23,27)/t13-,15+/m1/s1. The van der Waals surface area contributed by atoms with E-state index < -0.39 is 6.04 Å². The molecule has 0 spiro atoms. The molecule has 2 aliphatic heterocycles. The lowest BCUT2D eigenvalue weighted by atomic mass is 10.2. The molecule has 9 heteroatoms.